The van der Waals surface area contributed by atoms with Gasteiger partial charge in [-0.05, 0) is 46.5 Å². The predicted octanol–water partition coefficient (Wildman–Crippen LogP) is 4.43. The van der Waals surface area contributed by atoms with Crippen molar-refractivity contribution in [3.8, 4) is 28.7 Å². The van der Waals surface area contributed by atoms with Gasteiger partial charge in [-0.2, -0.15) is 0 Å². The Morgan fingerprint density at radius 3 is 2.18 bits per heavy atom. The molecule has 0 aromatic heterocycles. The van der Waals surface area contributed by atoms with Crippen LogP contribution in [0.2, 0.25) is 0 Å². The minimum atomic E-state index is -1.03. The normalized spacial score (nSPS) is 11.5. The molecule has 0 heterocycles. The molecule has 6 heteroatoms. The number of alkyl carbamates (subject to hydrolysis) is 1. The highest BCUT2D eigenvalue weighted by Gasteiger charge is 2.28. The molecule has 0 spiro atoms. The van der Waals surface area contributed by atoms with Gasteiger partial charge in [0.2, 0.25) is 0 Å². The quantitative estimate of drug-likeness (QED) is 0.419. The van der Waals surface area contributed by atoms with E-state index in [1.54, 1.807) is 24.3 Å². The molecule has 0 saturated heterocycles. The van der Waals surface area contributed by atoms with Crippen molar-refractivity contribution >= 4 is 12.1 Å². The first kappa shape index (κ1) is 22.0. The van der Waals surface area contributed by atoms with Crippen LogP contribution in [0.5, 0.6) is 5.75 Å². The van der Waals surface area contributed by atoms with E-state index in [0.717, 1.165) is 5.56 Å². The number of fused-ring (bicyclic) bond motifs is 3. The number of rotatable bonds is 7. The summed E-state index contributed by atoms with van der Waals surface area (Å²) in [6.45, 7) is 0.276. The van der Waals surface area contributed by atoms with Crippen molar-refractivity contribution < 1.29 is 24.2 Å². The van der Waals surface area contributed by atoms with E-state index < -0.39 is 12.1 Å². The lowest BCUT2D eigenvalue weighted by molar-refractivity contribution is -0.139. The second kappa shape index (κ2) is 10.4. The van der Waals surface area contributed by atoms with Gasteiger partial charge in [-0.25, -0.2) is 9.59 Å². The summed E-state index contributed by atoms with van der Waals surface area (Å²) < 4.78 is 10.6. The third kappa shape index (κ3) is 5.52. The second-order valence-corrected chi connectivity index (χ2v) is 7.51. The fourth-order valence-electron chi connectivity index (χ4n) is 3.82. The SMILES string of the molecule is O=C(O)COc1ccc(C#CCCNC(=O)OCC2c3ccccc3-c3ccccc32)cc1. The highest BCUT2D eigenvalue weighted by atomic mass is 16.5. The molecule has 1 aliphatic carbocycles. The average molecular weight is 441 g/mol. The van der Waals surface area contributed by atoms with E-state index in [1.807, 2.05) is 24.3 Å². The third-order valence-electron chi connectivity index (χ3n) is 5.31. The summed E-state index contributed by atoms with van der Waals surface area (Å²) in [6, 6.07) is 23.3. The minimum absolute atomic E-state index is 0.0328. The van der Waals surface area contributed by atoms with E-state index in [9.17, 15) is 9.59 Å². The standard InChI is InChI=1S/C27H23NO5/c29-26(30)18-32-20-14-12-19(13-15-20)7-5-6-16-28-27(31)33-17-25-23-10-3-1-8-21(23)22-9-2-4-11-24(22)25/h1-4,8-15,25H,6,16-18H2,(H,28,31)(H,29,30). The predicted molar refractivity (Wildman–Crippen MR) is 124 cm³/mol. The van der Waals surface area contributed by atoms with Crippen LogP contribution in [0.15, 0.2) is 72.8 Å². The van der Waals surface area contributed by atoms with Gasteiger partial charge in [0.1, 0.15) is 12.4 Å². The zero-order valence-electron chi connectivity index (χ0n) is 17.9. The maximum absolute atomic E-state index is 12.2. The van der Waals surface area contributed by atoms with Crippen molar-refractivity contribution in [2.75, 3.05) is 19.8 Å². The lowest BCUT2D eigenvalue weighted by Crippen LogP contribution is -2.26. The van der Waals surface area contributed by atoms with Gasteiger partial charge in [0, 0.05) is 24.4 Å². The number of ether oxygens (including phenoxy) is 2. The third-order valence-corrected chi connectivity index (χ3v) is 5.31. The number of benzene rings is 3. The Morgan fingerprint density at radius 2 is 1.55 bits per heavy atom. The van der Waals surface area contributed by atoms with Gasteiger partial charge in [-0.15, -0.1) is 0 Å². The van der Waals surface area contributed by atoms with Gasteiger partial charge in [-0.3, -0.25) is 0 Å². The molecule has 0 fully saturated rings. The smallest absolute Gasteiger partial charge is 0.407 e. The average Bonchev–Trinajstić information content (AvgIpc) is 3.15. The van der Waals surface area contributed by atoms with E-state index in [1.165, 1.54) is 22.3 Å². The summed E-state index contributed by atoms with van der Waals surface area (Å²) in [7, 11) is 0. The van der Waals surface area contributed by atoms with Crippen LogP contribution in [0.1, 0.15) is 29.0 Å². The first-order chi connectivity index (χ1) is 16.1. The molecule has 0 atom stereocenters. The number of carboxylic acid groups (broad SMARTS) is 1. The Labute approximate surface area is 192 Å². The lowest BCUT2D eigenvalue weighted by Gasteiger charge is -2.14. The molecule has 4 rings (SSSR count). The topological polar surface area (TPSA) is 84.9 Å². The maximum Gasteiger partial charge on any atom is 0.407 e. The van der Waals surface area contributed by atoms with Crippen molar-refractivity contribution in [3.05, 3.63) is 89.5 Å². The van der Waals surface area contributed by atoms with Crippen molar-refractivity contribution in [3.63, 3.8) is 0 Å². The molecule has 0 radical (unpaired) electrons. The summed E-state index contributed by atoms with van der Waals surface area (Å²) in [5, 5.41) is 11.4. The Morgan fingerprint density at radius 1 is 0.909 bits per heavy atom. The molecule has 1 amide bonds. The lowest BCUT2D eigenvalue weighted by atomic mass is 9.98. The second-order valence-electron chi connectivity index (χ2n) is 7.51. The van der Waals surface area contributed by atoms with Crippen molar-refractivity contribution in [1.29, 1.82) is 0 Å². The fraction of sp³-hybridized carbons (Fsp3) is 0.185. The molecule has 33 heavy (non-hydrogen) atoms. The fourth-order valence-corrected chi connectivity index (χ4v) is 3.82. The zero-order valence-corrected chi connectivity index (χ0v) is 17.9. The molecular weight excluding hydrogens is 418 g/mol. The van der Waals surface area contributed by atoms with Gasteiger partial charge < -0.3 is 19.9 Å². The van der Waals surface area contributed by atoms with Crippen LogP contribution >= 0.6 is 0 Å². The Bertz CT molecular complexity index is 1160. The number of carbonyl (C=O) groups is 2. The number of hydrogen-bond acceptors (Lipinski definition) is 4. The molecular formula is C27H23NO5. The summed E-state index contributed by atoms with van der Waals surface area (Å²) in [5.74, 6) is 5.47. The maximum atomic E-state index is 12.2. The number of hydrogen-bond donors (Lipinski definition) is 2. The van der Waals surface area contributed by atoms with E-state index in [4.69, 9.17) is 14.6 Å². The van der Waals surface area contributed by atoms with Crippen molar-refractivity contribution in [1.82, 2.24) is 5.32 Å². The molecule has 3 aromatic carbocycles. The van der Waals surface area contributed by atoms with Crippen LogP contribution < -0.4 is 10.1 Å². The van der Waals surface area contributed by atoms with Crippen LogP contribution in [-0.2, 0) is 9.53 Å². The summed E-state index contributed by atoms with van der Waals surface area (Å²) in [6.07, 6.45) is 0.0140. The van der Waals surface area contributed by atoms with Crippen LogP contribution in [0.25, 0.3) is 11.1 Å². The molecule has 0 saturated carbocycles. The molecule has 3 aromatic rings. The number of nitrogens with one attached hydrogen (secondary N) is 1. The van der Waals surface area contributed by atoms with Gasteiger partial charge in [0.25, 0.3) is 0 Å². The largest absolute Gasteiger partial charge is 0.482 e. The van der Waals surface area contributed by atoms with E-state index in [0.29, 0.717) is 18.7 Å². The van der Waals surface area contributed by atoms with Gasteiger partial charge in [0.05, 0.1) is 0 Å². The van der Waals surface area contributed by atoms with Gasteiger partial charge in [-0.1, -0.05) is 60.4 Å². The Balaban J connectivity index is 1.22. The molecule has 0 bridgehead atoms. The van der Waals surface area contributed by atoms with Crippen LogP contribution in [0.3, 0.4) is 0 Å². The molecule has 0 unspecified atom stereocenters. The molecule has 2 N–H and O–H groups in total. The van der Waals surface area contributed by atoms with Gasteiger partial charge in [0.15, 0.2) is 6.61 Å². The van der Waals surface area contributed by atoms with Gasteiger partial charge >= 0.3 is 12.1 Å². The molecule has 166 valence electrons. The van der Waals surface area contributed by atoms with Crippen LogP contribution in [0, 0.1) is 11.8 Å². The number of amides is 1. The number of aliphatic carboxylic acids is 1. The summed E-state index contributed by atoms with van der Waals surface area (Å²) in [5.41, 5.74) is 5.52. The Kier molecular flexibility index (Phi) is 6.91. The number of carbonyl (C=O) groups excluding carboxylic acids is 1. The molecule has 0 aliphatic heterocycles. The minimum Gasteiger partial charge on any atom is -0.482 e. The van der Waals surface area contributed by atoms with E-state index in [-0.39, 0.29) is 19.1 Å². The monoisotopic (exact) mass is 441 g/mol. The first-order valence-electron chi connectivity index (χ1n) is 10.6. The van der Waals surface area contributed by atoms with E-state index >= 15 is 0 Å². The highest BCUT2D eigenvalue weighted by Crippen LogP contribution is 2.44. The zero-order chi connectivity index (χ0) is 23.0. The van der Waals surface area contributed by atoms with Crippen molar-refractivity contribution in [2.45, 2.75) is 12.3 Å². The highest BCUT2D eigenvalue weighted by molar-refractivity contribution is 5.79. The van der Waals surface area contributed by atoms with Crippen molar-refractivity contribution in [2.24, 2.45) is 0 Å². The van der Waals surface area contributed by atoms with Crippen LogP contribution in [-0.4, -0.2) is 36.9 Å². The summed E-state index contributed by atoms with van der Waals surface area (Å²) in [4.78, 5) is 22.7. The summed E-state index contributed by atoms with van der Waals surface area (Å²) >= 11 is 0. The Hall–Kier alpha value is -4.24. The molecule has 1 aliphatic rings. The first-order valence-corrected chi connectivity index (χ1v) is 10.6. The molecule has 6 nitrogen and oxygen atoms in total. The van der Waals surface area contributed by atoms with E-state index in [2.05, 4.69) is 41.4 Å². The number of carboxylic acids is 1. The van der Waals surface area contributed by atoms with Crippen LogP contribution in [0.4, 0.5) is 4.79 Å².